The number of rotatable bonds is 5. The minimum Gasteiger partial charge on any atom is -0.327 e. The molecular formula is C14H18Cl2N2S. The highest BCUT2D eigenvalue weighted by atomic mass is 35.5. The van der Waals surface area contributed by atoms with Gasteiger partial charge >= 0.3 is 0 Å². The van der Waals surface area contributed by atoms with Crippen LogP contribution in [0.1, 0.15) is 31.5 Å². The molecule has 1 aromatic heterocycles. The van der Waals surface area contributed by atoms with Crippen molar-refractivity contribution in [3.8, 4) is 0 Å². The minimum absolute atomic E-state index is 0.118. The molecule has 0 radical (unpaired) electrons. The molecule has 2 unspecified atom stereocenters. The number of hydrogen-bond donors (Lipinski definition) is 0. The molecule has 0 aliphatic heterocycles. The zero-order valence-electron chi connectivity index (χ0n) is 11.4. The van der Waals surface area contributed by atoms with Crippen LogP contribution < -0.4 is 0 Å². The van der Waals surface area contributed by atoms with E-state index < -0.39 is 0 Å². The summed E-state index contributed by atoms with van der Waals surface area (Å²) in [6.45, 7) is 5.11. The zero-order chi connectivity index (χ0) is 14.0. The maximum atomic E-state index is 6.25. The van der Waals surface area contributed by atoms with E-state index in [1.165, 1.54) is 0 Å². The van der Waals surface area contributed by atoms with Crippen LogP contribution in [0.3, 0.4) is 0 Å². The third kappa shape index (κ3) is 3.21. The number of benzene rings is 1. The second-order valence-corrected chi connectivity index (χ2v) is 7.02. The maximum Gasteiger partial charge on any atom is 0.127 e. The molecule has 0 spiro atoms. The highest BCUT2D eigenvalue weighted by molar-refractivity contribution is 7.99. The quantitative estimate of drug-likeness (QED) is 0.711. The van der Waals surface area contributed by atoms with Gasteiger partial charge in [0.2, 0.25) is 0 Å². The van der Waals surface area contributed by atoms with Crippen LogP contribution in [0.5, 0.6) is 0 Å². The Bertz CT molecular complexity index is 566. The summed E-state index contributed by atoms with van der Waals surface area (Å²) in [4.78, 5) is 4.61. The van der Waals surface area contributed by atoms with Crippen LogP contribution in [0.4, 0.5) is 0 Å². The Hall–Kier alpha value is -0.380. The SMILES string of the molecule is CSC(C)CCn1c(C(C)Cl)nc2c(Cl)cccc21. The second kappa shape index (κ2) is 6.38. The van der Waals surface area contributed by atoms with E-state index in [2.05, 4.69) is 28.8 Å². The molecule has 0 saturated heterocycles. The van der Waals surface area contributed by atoms with Crippen LogP contribution >= 0.6 is 35.0 Å². The fourth-order valence-corrected chi connectivity index (χ4v) is 2.82. The number of imidazole rings is 1. The van der Waals surface area contributed by atoms with Crippen molar-refractivity contribution in [3.05, 3.63) is 29.0 Å². The topological polar surface area (TPSA) is 17.8 Å². The van der Waals surface area contributed by atoms with Crippen molar-refractivity contribution in [3.63, 3.8) is 0 Å². The van der Waals surface area contributed by atoms with Gasteiger partial charge in [-0.3, -0.25) is 0 Å². The van der Waals surface area contributed by atoms with Crippen molar-refractivity contribution < 1.29 is 0 Å². The lowest BCUT2D eigenvalue weighted by Crippen LogP contribution is -2.08. The molecule has 5 heteroatoms. The normalized spacial score (nSPS) is 14.8. The van der Waals surface area contributed by atoms with Gasteiger partial charge in [0.05, 0.1) is 15.9 Å². The fourth-order valence-electron chi connectivity index (χ4n) is 2.10. The van der Waals surface area contributed by atoms with E-state index in [4.69, 9.17) is 23.2 Å². The minimum atomic E-state index is -0.118. The lowest BCUT2D eigenvalue weighted by molar-refractivity contribution is 0.623. The maximum absolute atomic E-state index is 6.25. The first-order valence-electron chi connectivity index (χ1n) is 6.36. The van der Waals surface area contributed by atoms with E-state index in [0.29, 0.717) is 10.3 Å². The number of hydrogen-bond acceptors (Lipinski definition) is 2. The largest absolute Gasteiger partial charge is 0.327 e. The van der Waals surface area contributed by atoms with Gasteiger partial charge in [-0.2, -0.15) is 11.8 Å². The van der Waals surface area contributed by atoms with E-state index in [-0.39, 0.29) is 5.38 Å². The number of aromatic nitrogens is 2. The Kier molecular flexibility index (Phi) is 5.04. The first-order valence-corrected chi connectivity index (χ1v) is 8.46. The van der Waals surface area contributed by atoms with E-state index in [9.17, 15) is 0 Å². The van der Waals surface area contributed by atoms with E-state index in [1.807, 2.05) is 30.8 Å². The molecule has 104 valence electrons. The van der Waals surface area contributed by atoms with Gasteiger partial charge in [0.25, 0.3) is 0 Å². The summed E-state index contributed by atoms with van der Waals surface area (Å²) >= 11 is 14.3. The molecule has 19 heavy (non-hydrogen) atoms. The average Bonchev–Trinajstić information content (AvgIpc) is 2.76. The number of halogens is 2. The summed E-state index contributed by atoms with van der Waals surface area (Å²) in [6.07, 6.45) is 3.23. The molecule has 1 aromatic carbocycles. The third-order valence-electron chi connectivity index (χ3n) is 3.28. The van der Waals surface area contributed by atoms with Crippen molar-refractivity contribution in [2.45, 2.75) is 37.4 Å². The zero-order valence-corrected chi connectivity index (χ0v) is 13.7. The van der Waals surface area contributed by atoms with E-state index in [1.54, 1.807) is 0 Å². The van der Waals surface area contributed by atoms with Crippen LogP contribution in [0.2, 0.25) is 5.02 Å². The molecule has 0 bridgehead atoms. The van der Waals surface area contributed by atoms with Crippen LogP contribution in [-0.2, 0) is 6.54 Å². The molecule has 2 nitrogen and oxygen atoms in total. The standard InChI is InChI=1S/C14H18Cl2N2S/c1-9(19-3)7-8-18-12-6-4-5-11(16)13(12)17-14(18)10(2)15/h4-6,9-10H,7-8H2,1-3H3. The molecule has 0 N–H and O–H groups in total. The van der Waals surface area contributed by atoms with Crippen molar-refractivity contribution in [2.75, 3.05) is 6.26 Å². The lowest BCUT2D eigenvalue weighted by atomic mass is 10.3. The molecule has 2 atom stereocenters. The van der Waals surface area contributed by atoms with Gasteiger partial charge < -0.3 is 4.57 Å². The number of aryl methyl sites for hydroxylation is 1. The van der Waals surface area contributed by atoms with Crippen molar-refractivity contribution in [1.82, 2.24) is 9.55 Å². The smallest absolute Gasteiger partial charge is 0.127 e. The van der Waals surface area contributed by atoms with Crippen LogP contribution in [0.15, 0.2) is 18.2 Å². The predicted molar refractivity (Wildman–Crippen MR) is 86.6 cm³/mol. The Labute approximate surface area is 128 Å². The lowest BCUT2D eigenvalue weighted by Gasteiger charge is -2.13. The van der Waals surface area contributed by atoms with Crippen LogP contribution in [-0.4, -0.2) is 21.1 Å². The Balaban J connectivity index is 2.44. The molecule has 0 aliphatic rings. The molecule has 0 aliphatic carbocycles. The summed E-state index contributed by atoms with van der Waals surface area (Å²) in [5.41, 5.74) is 1.92. The van der Waals surface area contributed by atoms with E-state index >= 15 is 0 Å². The Morgan fingerprint density at radius 3 is 2.74 bits per heavy atom. The van der Waals surface area contributed by atoms with Crippen molar-refractivity contribution in [2.24, 2.45) is 0 Å². The number of fused-ring (bicyclic) bond motifs is 1. The highest BCUT2D eigenvalue weighted by Gasteiger charge is 2.16. The molecule has 0 amide bonds. The van der Waals surface area contributed by atoms with E-state index in [0.717, 1.165) is 29.8 Å². The van der Waals surface area contributed by atoms with Gasteiger partial charge in [0.15, 0.2) is 0 Å². The molecule has 1 heterocycles. The van der Waals surface area contributed by atoms with Gasteiger partial charge in [-0.1, -0.05) is 24.6 Å². The fraction of sp³-hybridized carbons (Fsp3) is 0.500. The second-order valence-electron chi connectivity index (χ2n) is 4.68. The van der Waals surface area contributed by atoms with Crippen molar-refractivity contribution in [1.29, 1.82) is 0 Å². The third-order valence-corrected chi connectivity index (χ3v) is 4.82. The summed E-state index contributed by atoms with van der Waals surface area (Å²) < 4.78 is 2.20. The van der Waals surface area contributed by atoms with Gasteiger partial charge in [-0.15, -0.1) is 11.6 Å². The van der Waals surface area contributed by atoms with Crippen molar-refractivity contribution >= 4 is 46.0 Å². The summed E-state index contributed by atoms with van der Waals surface area (Å²) in [6, 6.07) is 5.89. The van der Waals surface area contributed by atoms with Crippen LogP contribution in [0.25, 0.3) is 11.0 Å². The first-order chi connectivity index (χ1) is 9.04. The van der Waals surface area contributed by atoms with Gasteiger partial charge in [-0.05, 0) is 31.7 Å². The van der Waals surface area contributed by atoms with Gasteiger partial charge in [0, 0.05) is 11.8 Å². The molecule has 2 aromatic rings. The monoisotopic (exact) mass is 316 g/mol. The molecule has 2 rings (SSSR count). The summed E-state index contributed by atoms with van der Waals surface area (Å²) in [5.74, 6) is 0.901. The Morgan fingerprint density at radius 1 is 1.37 bits per heavy atom. The highest BCUT2D eigenvalue weighted by Crippen LogP contribution is 2.29. The predicted octanol–water partition coefficient (Wildman–Crippen LogP) is 5.13. The Morgan fingerprint density at radius 2 is 2.11 bits per heavy atom. The summed E-state index contributed by atoms with van der Waals surface area (Å²) in [7, 11) is 0. The van der Waals surface area contributed by atoms with Crippen LogP contribution in [0, 0.1) is 0 Å². The molecule has 0 fully saturated rings. The van der Waals surface area contributed by atoms with Gasteiger partial charge in [-0.25, -0.2) is 4.98 Å². The first kappa shape index (κ1) is 15.0. The number of thioether (sulfide) groups is 1. The average molecular weight is 317 g/mol. The summed E-state index contributed by atoms with van der Waals surface area (Å²) in [5, 5.41) is 1.19. The number of nitrogens with zero attached hydrogens (tertiary/aromatic N) is 2. The number of alkyl halides is 1. The molecule has 0 saturated carbocycles. The van der Waals surface area contributed by atoms with Gasteiger partial charge in [0.1, 0.15) is 11.3 Å². The molecular weight excluding hydrogens is 299 g/mol. The number of para-hydroxylation sites is 1.